The first-order valence-electron chi connectivity index (χ1n) is 8.83. The molecule has 2 aromatic rings. The number of nitrogens with one attached hydrogen (secondary N) is 1. The number of anilines is 1. The number of para-hydroxylation sites is 1. The lowest BCUT2D eigenvalue weighted by Gasteiger charge is -2.10. The number of benzene rings is 2. The van der Waals surface area contributed by atoms with Crippen molar-refractivity contribution in [2.45, 2.75) is 26.7 Å². The summed E-state index contributed by atoms with van der Waals surface area (Å²) in [5, 5.41) is 2.70. The summed E-state index contributed by atoms with van der Waals surface area (Å²) in [6.45, 7) is 3.13. The quantitative estimate of drug-likeness (QED) is 0.541. The van der Waals surface area contributed by atoms with E-state index in [0.29, 0.717) is 23.4 Å². The molecule has 0 saturated carbocycles. The molecule has 0 heterocycles. The van der Waals surface area contributed by atoms with Crippen LogP contribution in [0.1, 0.15) is 36.2 Å². The van der Waals surface area contributed by atoms with Crippen LogP contribution < -0.4 is 10.1 Å². The van der Waals surface area contributed by atoms with Crippen molar-refractivity contribution in [3.63, 3.8) is 0 Å². The van der Waals surface area contributed by atoms with Crippen LogP contribution in [0.15, 0.2) is 48.5 Å². The van der Waals surface area contributed by atoms with Crippen LogP contribution in [0, 0.1) is 0 Å². The second-order valence-electron chi connectivity index (χ2n) is 5.81. The minimum atomic E-state index is -0.610. The Morgan fingerprint density at radius 3 is 2.30 bits per heavy atom. The number of ether oxygens (including phenoxy) is 2. The maximum absolute atomic E-state index is 12.1. The fourth-order valence-electron chi connectivity index (χ4n) is 2.33. The normalized spacial score (nSPS) is 10.1. The average molecular weight is 369 g/mol. The Hall–Kier alpha value is -3.15. The number of aryl methyl sites for hydroxylation is 1. The Kier molecular flexibility index (Phi) is 7.55. The number of hydrogen-bond donors (Lipinski definition) is 1. The van der Waals surface area contributed by atoms with Crippen molar-refractivity contribution < 1.29 is 23.9 Å². The number of Topliss-reactive ketones (excluding diaryl/α,β-unsaturated/α-hetero) is 1. The predicted octanol–water partition coefficient (Wildman–Crippen LogP) is 3.40. The van der Waals surface area contributed by atoms with Gasteiger partial charge >= 0.3 is 5.97 Å². The first-order chi connectivity index (χ1) is 13.0. The van der Waals surface area contributed by atoms with Gasteiger partial charge in [-0.05, 0) is 42.3 Å². The van der Waals surface area contributed by atoms with Gasteiger partial charge in [-0.1, -0.05) is 32.0 Å². The smallest absolute Gasteiger partial charge is 0.344 e. The molecular weight excluding hydrogens is 346 g/mol. The van der Waals surface area contributed by atoms with Crippen LogP contribution in [0.25, 0.3) is 0 Å². The van der Waals surface area contributed by atoms with E-state index in [1.165, 1.54) is 0 Å². The van der Waals surface area contributed by atoms with Gasteiger partial charge in [0.25, 0.3) is 0 Å². The van der Waals surface area contributed by atoms with E-state index in [0.717, 1.165) is 12.0 Å². The molecule has 2 aromatic carbocycles. The van der Waals surface area contributed by atoms with Crippen molar-refractivity contribution >= 4 is 23.3 Å². The summed E-state index contributed by atoms with van der Waals surface area (Å²) < 4.78 is 10.4. The molecule has 0 atom stereocenters. The summed E-state index contributed by atoms with van der Waals surface area (Å²) in [6.07, 6.45) is 1.17. The lowest BCUT2D eigenvalue weighted by molar-refractivity contribution is -0.144. The van der Waals surface area contributed by atoms with Crippen LogP contribution in [-0.4, -0.2) is 30.9 Å². The lowest BCUT2D eigenvalue weighted by atomic mass is 10.1. The lowest BCUT2D eigenvalue weighted by Crippen LogP contribution is -2.19. The topological polar surface area (TPSA) is 81.7 Å². The maximum Gasteiger partial charge on any atom is 0.344 e. The molecule has 142 valence electrons. The van der Waals surface area contributed by atoms with E-state index < -0.39 is 5.97 Å². The number of carbonyl (C=O) groups is 3. The molecule has 6 heteroatoms. The molecule has 2 rings (SSSR count). The minimum Gasteiger partial charge on any atom is -0.482 e. The Balaban J connectivity index is 1.80. The minimum absolute atomic E-state index is 0.104. The third kappa shape index (κ3) is 6.26. The standard InChI is InChI=1S/C21H23NO5/c1-3-15-7-5-6-8-19(15)26-14-21(25)27-13-18(23)16-9-11-17(12-10-16)22-20(24)4-2/h5-12H,3-4,13-14H2,1-2H3,(H,22,24). The third-order valence-electron chi connectivity index (χ3n) is 3.88. The third-order valence-corrected chi connectivity index (χ3v) is 3.88. The molecule has 0 bridgehead atoms. The van der Waals surface area contributed by atoms with Crippen LogP contribution in [0.2, 0.25) is 0 Å². The van der Waals surface area contributed by atoms with Gasteiger partial charge in [-0.25, -0.2) is 4.79 Å². The van der Waals surface area contributed by atoms with Gasteiger partial charge in [-0.2, -0.15) is 0 Å². The first-order valence-corrected chi connectivity index (χ1v) is 8.83. The van der Waals surface area contributed by atoms with E-state index in [1.807, 2.05) is 25.1 Å². The van der Waals surface area contributed by atoms with Crippen molar-refractivity contribution in [3.8, 4) is 5.75 Å². The van der Waals surface area contributed by atoms with Crippen molar-refractivity contribution in [2.24, 2.45) is 0 Å². The zero-order chi connectivity index (χ0) is 19.6. The second kappa shape index (κ2) is 10.1. The van der Waals surface area contributed by atoms with E-state index in [4.69, 9.17) is 9.47 Å². The van der Waals surface area contributed by atoms with E-state index in [1.54, 1.807) is 37.3 Å². The average Bonchev–Trinajstić information content (AvgIpc) is 2.71. The van der Waals surface area contributed by atoms with Gasteiger partial charge in [0.1, 0.15) is 5.75 Å². The Bertz CT molecular complexity index is 798. The van der Waals surface area contributed by atoms with Gasteiger partial charge < -0.3 is 14.8 Å². The van der Waals surface area contributed by atoms with Gasteiger partial charge in [-0.15, -0.1) is 0 Å². The van der Waals surface area contributed by atoms with Crippen molar-refractivity contribution in [1.82, 2.24) is 0 Å². The zero-order valence-corrected chi connectivity index (χ0v) is 15.5. The van der Waals surface area contributed by atoms with E-state index in [9.17, 15) is 14.4 Å². The summed E-state index contributed by atoms with van der Waals surface area (Å²) in [4.78, 5) is 35.3. The van der Waals surface area contributed by atoms with Crippen molar-refractivity contribution in [3.05, 3.63) is 59.7 Å². The highest BCUT2D eigenvalue weighted by molar-refractivity contribution is 5.98. The molecule has 27 heavy (non-hydrogen) atoms. The van der Waals surface area contributed by atoms with Crippen LogP contribution in [-0.2, 0) is 20.7 Å². The molecule has 0 fully saturated rings. The van der Waals surface area contributed by atoms with Gasteiger partial charge in [-0.3, -0.25) is 9.59 Å². The Morgan fingerprint density at radius 2 is 1.63 bits per heavy atom. The molecule has 0 spiro atoms. The SMILES string of the molecule is CCC(=O)Nc1ccc(C(=O)COC(=O)COc2ccccc2CC)cc1. The second-order valence-corrected chi connectivity index (χ2v) is 5.81. The molecule has 1 N–H and O–H groups in total. The maximum atomic E-state index is 12.1. The summed E-state index contributed by atoms with van der Waals surface area (Å²) in [5.41, 5.74) is 2.00. The molecule has 0 aliphatic carbocycles. The van der Waals surface area contributed by atoms with Gasteiger partial charge in [0.15, 0.2) is 19.0 Å². The van der Waals surface area contributed by atoms with Crippen molar-refractivity contribution in [1.29, 1.82) is 0 Å². The van der Waals surface area contributed by atoms with Gasteiger partial charge in [0.05, 0.1) is 0 Å². The summed E-state index contributed by atoms with van der Waals surface area (Å²) in [6, 6.07) is 13.9. The number of rotatable bonds is 9. The first kappa shape index (κ1) is 20.2. The molecule has 0 unspecified atom stereocenters. The van der Waals surface area contributed by atoms with E-state index in [2.05, 4.69) is 5.32 Å². The molecule has 6 nitrogen and oxygen atoms in total. The number of carbonyl (C=O) groups excluding carboxylic acids is 3. The Morgan fingerprint density at radius 1 is 0.926 bits per heavy atom. The number of ketones is 1. The summed E-state index contributed by atoms with van der Waals surface area (Å²) >= 11 is 0. The molecule has 0 saturated heterocycles. The molecule has 1 amide bonds. The molecular formula is C21H23NO5. The van der Waals surface area contributed by atoms with E-state index >= 15 is 0 Å². The van der Waals surface area contributed by atoms with Crippen LogP contribution in [0.4, 0.5) is 5.69 Å². The Labute approximate surface area is 158 Å². The number of amides is 1. The van der Waals surface area contributed by atoms with E-state index in [-0.39, 0.29) is 24.9 Å². The van der Waals surface area contributed by atoms with Crippen molar-refractivity contribution in [2.75, 3.05) is 18.5 Å². The van der Waals surface area contributed by atoms with Gasteiger partial charge in [0, 0.05) is 17.7 Å². The van der Waals surface area contributed by atoms with Crippen LogP contribution >= 0.6 is 0 Å². The number of hydrogen-bond acceptors (Lipinski definition) is 5. The fourth-order valence-corrected chi connectivity index (χ4v) is 2.33. The fraction of sp³-hybridized carbons (Fsp3) is 0.286. The molecule has 0 radical (unpaired) electrons. The summed E-state index contributed by atoms with van der Waals surface area (Å²) in [7, 11) is 0. The largest absolute Gasteiger partial charge is 0.482 e. The zero-order valence-electron chi connectivity index (χ0n) is 15.5. The highest BCUT2D eigenvalue weighted by atomic mass is 16.6. The highest BCUT2D eigenvalue weighted by Crippen LogP contribution is 2.18. The summed E-state index contributed by atoms with van der Waals surface area (Å²) in [5.74, 6) is -0.410. The molecule has 0 aromatic heterocycles. The number of esters is 1. The van der Waals surface area contributed by atoms with Gasteiger partial charge in [0.2, 0.25) is 5.91 Å². The van der Waals surface area contributed by atoms with Crippen LogP contribution in [0.3, 0.4) is 0 Å². The highest BCUT2D eigenvalue weighted by Gasteiger charge is 2.12. The predicted molar refractivity (Wildman–Crippen MR) is 102 cm³/mol. The molecule has 0 aliphatic heterocycles. The molecule has 0 aliphatic rings. The monoisotopic (exact) mass is 369 g/mol. The van der Waals surface area contributed by atoms with Crippen LogP contribution in [0.5, 0.6) is 5.75 Å².